The zero-order valence-corrected chi connectivity index (χ0v) is 16.0. The zero-order valence-electron chi connectivity index (χ0n) is 16.0. The lowest BCUT2D eigenvalue weighted by Gasteiger charge is -2.18. The molecule has 1 heterocycles. The van der Waals surface area contributed by atoms with E-state index < -0.39 is 0 Å². The summed E-state index contributed by atoms with van der Waals surface area (Å²) < 4.78 is 16.0. The van der Waals surface area contributed by atoms with Gasteiger partial charge in [-0.2, -0.15) is 0 Å². The molecule has 2 aromatic rings. The van der Waals surface area contributed by atoms with Gasteiger partial charge in [0.2, 0.25) is 5.91 Å². The van der Waals surface area contributed by atoms with Crippen molar-refractivity contribution in [1.29, 1.82) is 0 Å². The maximum atomic E-state index is 12.3. The average molecular weight is 384 g/mol. The van der Waals surface area contributed by atoms with Crippen LogP contribution in [0.1, 0.15) is 13.3 Å². The fourth-order valence-corrected chi connectivity index (χ4v) is 3.03. The molecule has 28 heavy (non-hydrogen) atoms. The maximum Gasteiger partial charge on any atom is 0.258 e. The van der Waals surface area contributed by atoms with E-state index >= 15 is 0 Å². The largest absolute Gasteiger partial charge is 0.497 e. The number of amides is 2. The molecule has 1 saturated heterocycles. The molecule has 0 saturated carbocycles. The highest BCUT2D eigenvalue weighted by Crippen LogP contribution is 2.24. The van der Waals surface area contributed by atoms with Crippen LogP contribution >= 0.6 is 0 Å². The van der Waals surface area contributed by atoms with Crippen LogP contribution in [0.5, 0.6) is 17.2 Å². The number of methoxy groups -OCH3 is 1. The van der Waals surface area contributed by atoms with Crippen LogP contribution in [0, 0.1) is 0 Å². The van der Waals surface area contributed by atoms with Gasteiger partial charge in [-0.3, -0.25) is 9.59 Å². The van der Waals surface area contributed by atoms with Crippen molar-refractivity contribution in [1.82, 2.24) is 5.32 Å². The highest BCUT2D eigenvalue weighted by molar-refractivity contribution is 5.97. The second-order valence-electron chi connectivity index (χ2n) is 6.36. The molecule has 1 aliphatic heterocycles. The molecule has 7 heteroatoms. The SMILES string of the molecule is CCOc1ccc(N2C[C@H](NC(=O)COc3ccc(OC)cc3)CC2=O)cc1. The summed E-state index contributed by atoms with van der Waals surface area (Å²) in [6.07, 6.45) is 0.265. The van der Waals surface area contributed by atoms with E-state index in [0.717, 1.165) is 17.2 Å². The number of rotatable bonds is 8. The van der Waals surface area contributed by atoms with Crippen molar-refractivity contribution < 1.29 is 23.8 Å². The van der Waals surface area contributed by atoms with E-state index in [-0.39, 0.29) is 30.9 Å². The lowest BCUT2D eigenvalue weighted by atomic mass is 10.2. The number of hydrogen-bond donors (Lipinski definition) is 1. The first-order valence-corrected chi connectivity index (χ1v) is 9.18. The number of benzene rings is 2. The zero-order chi connectivity index (χ0) is 19.9. The van der Waals surface area contributed by atoms with Gasteiger partial charge in [-0.15, -0.1) is 0 Å². The molecule has 2 aromatic carbocycles. The molecule has 7 nitrogen and oxygen atoms in total. The maximum absolute atomic E-state index is 12.3. The van der Waals surface area contributed by atoms with E-state index in [1.54, 1.807) is 36.3 Å². The third kappa shape index (κ3) is 4.94. The summed E-state index contributed by atoms with van der Waals surface area (Å²) in [5.74, 6) is 1.77. The fraction of sp³-hybridized carbons (Fsp3) is 0.333. The number of anilines is 1. The molecule has 1 fully saturated rings. The Morgan fingerprint density at radius 2 is 1.64 bits per heavy atom. The number of ether oxygens (including phenoxy) is 3. The first-order chi connectivity index (χ1) is 13.6. The molecule has 0 unspecified atom stereocenters. The highest BCUT2D eigenvalue weighted by atomic mass is 16.5. The van der Waals surface area contributed by atoms with Gasteiger partial charge < -0.3 is 24.4 Å². The third-order valence-electron chi connectivity index (χ3n) is 4.38. The third-order valence-corrected chi connectivity index (χ3v) is 4.38. The monoisotopic (exact) mass is 384 g/mol. The Bertz CT molecular complexity index is 805. The van der Waals surface area contributed by atoms with E-state index in [9.17, 15) is 9.59 Å². The van der Waals surface area contributed by atoms with Gasteiger partial charge in [0.05, 0.1) is 19.8 Å². The van der Waals surface area contributed by atoms with Crippen molar-refractivity contribution >= 4 is 17.5 Å². The van der Waals surface area contributed by atoms with Crippen LogP contribution in [-0.2, 0) is 9.59 Å². The van der Waals surface area contributed by atoms with Crippen LogP contribution in [-0.4, -0.2) is 44.7 Å². The van der Waals surface area contributed by atoms with E-state index in [1.807, 2.05) is 31.2 Å². The van der Waals surface area contributed by atoms with Gasteiger partial charge in [0, 0.05) is 18.7 Å². The lowest BCUT2D eigenvalue weighted by molar-refractivity contribution is -0.123. The van der Waals surface area contributed by atoms with E-state index in [1.165, 1.54) is 0 Å². The minimum atomic E-state index is -0.262. The molecule has 0 aliphatic carbocycles. The van der Waals surface area contributed by atoms with Crippen LogP contribution < -0.4 is 24.4 Å². The Balaban J connectivity index is 1.49. The first kappa shape index (κ1) is 19.5. The van der Waals surface area contributed by atoms with Crippen LogP contribution in [0.3, 0.4) is 0 Å². The molecule has 0 spiro atoms. The average Bonchev–Trinajstić information content (AvgIpc) is 3.07. The standard InChI is InChI=1S/C21H24N2O5/c1-3-27-18-6-4-16(5-7-18)23-13-15(12-21(23)25)22-20(24)14-28-19-10-8-17(26-2)9-11-19/h4-11,15H,3,12-14H2,1-2H3,(H,22,24)/t15-/m1/s1. The summed E-state index contributed by atoms with van der Waals surface area (Å²) in [5, 5.41) is 2.86. The first-order valence-electron chi connectivity index (χ1n) is 9.18. The molecule has 1 aliphatic rings. The predicted octanol–water partition coefficient (Wildman–Crippen LogP) is 2.39. The quantitative estimate of drug-likeness (QED) is 0.756. The van der Waals surface area contributed by atoms with Crippen LogP contribution in [0.2, 0.25) is 0 Å². The molecule has 0 aromatic heterocycles. The Hall–Kier alpha value is -3.22. The molecular formula is C21H24N2O5. The van der Waals surface area contributed by atoms with Crippen molar-refractivity contribution in [2.45, 2.75) is 19.4 Å². The number of hydrogen-bond acceptors (Lipinski definition) is 5. The Kier molecular flexibility index (Phi) is 6.37. The minimum Gasteiger partial charge on any atom is -0.497 e. The van der Waals surface area contributed by atoms with Crippen molar-refractivity contribution in [2.75, 3.05) is 31.8 Å². The van der Waals surface area contributed by atoms with E-state index in [2.05, 4.69) is 5.32 Å². The van der Waals surface area contributed by atoms with Gasteiger partial charge in [-0.25, -0.2) is 0 Å². The van der Waals surface area contributed by atoms with E-state index in [4.69, 9.17) is 14.2 Å². The van der Waals surface area contributed by atoms with Gasteiger partial charge in [0.1, 0.15) is 17.2 Å². The molecule has 2 amide bonds. The van der Waals surface area contributed by atoms with Crippen molar-refractivity contribution in [2.24, 2.45) is 0 Å². The summed E-state index contributed by atoms with van der Waals surface area (Å²) in [7, 11) is 1.59. The van der Waals surface area contributed by atoms with Crippen molar-refractivity contribution in [3.63, 3.8) is 0 Å². The summed E-state index contributed by atoms with van der Waals surface area (Å²) in [4.78, 5) is 26.1. The Labute approximate surface area is 164 Å². The summed E-state index contributed by atoms with van der Waals surface area (Å²) in [6.45, 7) is 2.83. The normalized spacial score (nSPS) is 16.0. The van der Waals surface area contributed by atoms with Crippen LogP contribution in [0.25, 0.3) is 0 Å². The fourth-order valence-electron chi connectivity index (χ4n) is 3.03. The molecular weight excluding hydrogens is 360 g/mol. The van der Waals surface area contributed by atoms with E-state index in [0.29, 0.717) is 18.9 Å². The summed E-state index contributed by atoms with van der Waals surface area (Å²) >= 11 is 0. The summed E-state index contributed by atoms with van der Waals surface area (Å²) in [6, 6.07) is 14.1. The topological polar surface area (TPSA) is 77.1 Å². The van der Waals surface area contributed by atoms with Crippen LogP contribution in [0.15, 0.2) is 48.5 Å². The number of nitrogens with zero attached hydrogens (tertiary/aromatic N) is 1. The molecule has 1 N–H and O–H groups in total. The van der Waals surface area contributed by atoms with Crippen molar-refractivity contribution in [3.8, 4) is 17.2 Å². The molecule has 1 atom stereocenters. The van der Waals surface area contributed by atoms with Gasteiger partial charge in [-0.1, -0.05) is 0 Å². The number of carbonyl (C=O) groups is 2. The number of nitrogens with one attached hydrogen (secondary N) is 1. The highest BCUT2D eigenvalue weighted by Gasteiger charge is 2.31. The predicted molar refractivity (Wildman–Crippen MR) is 105 cm³/mol. The van der Waals surface area contributed by atoms with Gasteiger partial charge >= 0.3 is 0 Å². The second kappa shape index (κ2) is 9.12. The summed E-state index contributed by atoms with van der Waals surface area (Å²) in [5.41, 5.74) is 0.791. The molecule has 0 bridgehead atoms. The Morgan fingerprint density at radius 1 is 1.04 bits per heavy atom. The van der Waals surface area contributed by atoms with Gasteiger partial charge in [0.25, 0.3) is 5.91 Å². The lowest BCUT2D eigenvalue weighted by Crippen LogP contribution is -2.39. The smallest absolute Gasteiger partial charge is 0.258 e. The van der Waals surface area contributed by atoms with Gasteiger partial charge in [-0.05, 0) is 55.5 Å². The molecule has 3 rings (SSSR count). The van der Waals surface area contributed by atoms with Gasteiger partial charge in [0.15, 0.2) is 6.61 Å². The number of carbonyl (C=O) groups excluding carboxylic acids is 2. The minimum absolute atomic E-state index is 0.0227. The second-order valence-corrected chi connectivity index (χ2v) is 6.36. The molecule has 148 valence electrons. The van der Waals surface area contributed by atoms with Crippen LogP contribution in [0.4, 0.5) is 5.69 Å². The molecule has 0 radical (unpaired) electrons. The van der Waals surface area contributed by atoms with Crippen molar-refractivity contribution in [3.05, 3.63) is 48.5 Å². The Morgan fingerprint density at radius 3 is 2.29 bits per heavy atom.